The molecule has 1 N–H and O–H groups in total. The summed E-state index contributed by atoms with van der Waals surface area (Å²) in [6, 6.07) is 21.4. The zero-order chi connectivity index (χ0) is 30.8. The summed E-state index contributed by atoms with van der Waals surface area (Å²) >= 11 is 4.00. The highest BCUT2D eigenvalue weighted by Gasteiger charge is 2.35. The lowest BCUT2D eigenvalue weighted by Crippen LogP contribution is -2.40. The van der Waals surface area contributed by atoms with Crippen LogP contribution in [0.3, 0.4) is 0 Å². The lowest BCUT2D eigenvalue weighted by Gasteiger charge is -2.26. The van der Waals surface area contributed by atoms with Gasteiger partial charge >= 0.3 is 5.97 Å². The number of nitrogens with zero attached hydrogens (tertiary/aromatic N) is 3. The van der Waals surface area contributed by atoms with Gasteiger partial charge in [0.05, 0.1) is 28.5 Å². The zero-order valence-electron chi connectivity index (χ0n) is 23.9. The summed E-state index contributed by atoms with van der Waals surface area (Å²) in [6.07, 6.45) is 3.65. The van der Waals surface area contributed by atoms with Gasteiger partial charge in [-0.15, -0.1) is 11.8 Å². The molecule has 0 aliphatic carbocycles. The third-order valence-corrected chi connectivity index (χ3v) is 9.26. The Balaban J connectivity index is 1.50. The summed E-state index contributed by atoms with van der Waals surface area (Å²) in [4.78, 5) is 52.9. The van der Waals surface area contributed by atoms with Gasteiger partial charge in [0.2, 0.25) is 0 Å². The molecule has 44 heavy (non-hydrogen) atoms. The van der Waals surface area contributed by atoms with Crippen LogP contribution in [0.4, 0.5) is 0 Å². The number of esters is 1. The fourth-order valence-electron chi connectivity index (χ4n) is 4.83. The molecule has 1 atom stereocenters. The van der Waals surface area contributed by atoms with Gasteiger partial charge in [0, 0.05) is 28.3 Å². The maximum absolute atomic E-state index is 14.1. The molecule has 0 saturated heterocycles. The van der Waals surface area contributed by atoms with E-state index < -0.39 is 12.0 Å². The van der Waals surface area contributed by atoms with Gasteiger partial charge in [-0.3, -0.25) is 14.2 Å². The fraction of sp³-hybridized carbons (Fsp3) is 0.156. The first-order valence-electron chi connectivity index (χ1n) is 13.6. The molecule has 9 nitrogen and oxygen atoms in total. The number of carbonyl (C=O) groups excluding carboxylic acids is 1. The van der Waals surface area contributed by atoms with E-state index >= 15 is 0 Å². The molecule has 5 aromatic rings. The minimum Gasteiger partial charge on any atom is -0.463 e. The van der Waals surface area contributed by atoms with Crippen molar-refractivity contribution in [2.45, 2.75) is 35.0 Å². The highest BCUT2D eigenvalue weighted by Crippen LogP contribution is 2.35. The van der Waals surface area contributed by atoms with E-state index in [1.54, 1.807) is 48.4 Å². The minimum absolute atomic E-state index is 0.178. The van der Waals surface area contributed by atoms with Gasteiger partial charge in [-0.2, -0.15) is 0 Å². The van der Waals surface area contributed by atoms with Crippen molar-refractivity contribution in [2.24, 2.45) is 4.99 Å². The topological polar surface area (TPSA) is 120 Å². The number of nitrogens with one attached hydrogen (secondary N) is 1. The number of aromatic nitrogens is 3. The van der Waals surface area contributed by atoms with Gasteiger partial charge in [-0.05, 0) is 61.7 Å². The third-order valence-electron chi connectivity index (χ3n) is 6.73. The molecule has 0 fully saturated rings. The van der Waals surface area contributed by atoms with Crippen molar-refractivity contribution in [3.05, 3.63) is 131 Å². The molecule has 4 heterocycles. The van der Waals surface area contributed by atoms with E-state index in [2.05, 4.69) is 9.97 Å². The van der Waals surface area contributed by atoms with Crippen LogP contribution in [0.2, 0.25) is 0 Å². The second-order valence-electron chi connectivity index (χ2n) is 9.66. The van der Waals surface area contributed by atoms with E-state index in [0.717, 1.165) is 16.0 Å². The first kappa shape index (κ1) is 29.7. The molecule has 0 amide bonds. The molecule has 1 aliphatic rings. The van der Waals surface area contributed by atoms with E-state index in [-0.39, 0.29) is 17.7 Å². The van der Waals surface area contributed by atoms with Crippen molar-refractivity contribution in [2.75, 3.05) is 12.9 Å². The van der Waals surface area contributed by atoms with Crippen molar-refractivity contribution in [3.8, 4) is 0 Å². The number of thiazole rings is 1. The van der Waals surface area contributed by atoms with Gasteiger partial charge in [0.1, 0.15) is 5.76 Å². The second-order valence-corrected chi connectivity index (χ2v) is 12.5. The number of aryl methyl sites for hydroxylation is 1. The summed E-state index contributed by atoms with van der Waals surface area (Å²) in [5, 5.41) is 0.906. The molecule has 12 heteroatoms. The van der Waals surface area contributed by atoms with Crippen LogP contribution in [0.5, 0.6) is 0 Å². The Morgan fingerprint density at radius 2 is 1.89 bits per heavy atom. The Labute approximate surface area is 264 Å². The van der Waals surface area contributed by atoms with Crippen LogP contribution in [0.25, 0.3) is 11.8 Å². The number of H-pyrrole nitrogens is 1. The molecule has 222 valence electrons. The Bertz CT molecular complexity index is 2130. The van der Waals surface area contributed by atoms with E-state index in [0.29, 0.717) is 42.3 Å². The summed E-state index contributed by atoms with van der Waals surface area (Å²) in [5.74, 6) is -0.0830. The lowest BCUT2D eigenvalue weighted by molar-refractivity contribution is -0.138. The maximum atomic E-state index is 14.1. The van der Waals surface area contributed by atoms with E-state index in [1.165, 1.54) is 29.2 Å². The van der Waals surface area contributed by atoms with Crippen LogP contribution >= 0.6 is 34.9 Å². The molecule has 0 spiro atoms. The van der Waals surface area contributed by atoms with Crippen molar-refractivity contribution in [1.82, 2.24) is 14.5 Å². The summed E-state index contributed by atoms with van der Waals surface area (Å²) in [6.45, 7) is 3.67. The quantitative estimate of drug-likeness (QED) is 0.146. The highest BCUT2D eigenvalue weighted by atomic mass is 32.2. The lowest BCUT2D eigenvalue weighted by atomic mass is 9.93. The molecule has 0 saturated carbocycles. The number of carbonyl (C=O) groups is 1. The van der Waals surface area contributed by atoms with Crippen LogP contribution in [-0.4, -0.2) is 33.4 Å². The van der Waals surface area contributed by atoms with Crippen molar-refractivity contribution in [1.29, 1.82) is 0 Å². The molecule has 0 unspecified atom stereocenters. The Kier molecular flexibility index (Phi) is 8.56. The number of hydrogen-bond acceptors (Lipinski definition) is 10. The van der Waals surface area contributed by atoms with E-state index in [4.69, 9.17) is 14.1 Å². The van der Waals surface area contributed by atoms with Gasteiger partial charge in [0.15, 0.2) is 15.1 Å². The zero-order valence-corrected chi connectivity index (χ0v) is 26.3. The number of rotatable bonds is 8. The smallest absolute Gasteiger partial charge is 0.338 e. The van der Waals surface area contributed by atoms with E-state index in [9.17, 15) is 14.4 Å². The minimum atomic E-state index is -0.759. The van der Waals surface area contributed by atoms with Crippen LogP contribution in [-0.2, 0) is 9.53 Å². The largest absolute Gasteiger partial charge is 0.463 e. The van der Waals surface area contributed by atoms with E-state index in [1.807, 2.05) is 60.9 Å². The van der Waals surface area contributed by atoms with Crippen LogP contribution < -0.4 is 20.5 Å². The molecular weight excluding hydrogens is 617 g/mol. The predicted octanol–water partition coefficient (Wildman–Crippen LogP) is 4.79. The number of benzene rings is 2. The van der Waals surface area contributed by atoms with Gasteiger partial charge in [-0.25, -0.2) is 14.8 Å². The number of thioether (sulfide) groups is 1. The number of ether oxygens (including phenoxy) is 1. The molecule has 6 rings (SSSR count). The fourth-order valence-corrected chi connectivity index (χ4v) is 7.03. The standard InChI is InChI=1S/C32H26N4O5S3/c1-4-40-30(39)26-27(19-8-6-5-7-9-19)35-32-36(28(26)20-10-13-22(42-3)14-11-20)29(38)23(43-32)17-21-12-15-25(41-21)44-31-33-18(2)16-24(37)34-31/h5-17,28H,4H2,1-3H3,(H,33,34,37)/b23-17+/t28-/m1/s1. The molecular formula is C32H26N4O5S3. The van der Waals surface area contributed by atoms with Gasteiger partial charge in [-0.1, -0.05) is 53.8 Å². The average molecular weight is 643 g/mol. The average Bonchev–Trinajstić information content (AvgIpc) is 3.59. The number of furan rings is 1. The second kappa shape index (κ2) is 12.7. The Morgan fingerprint density at radius 3 is 2.59 bits per heavy atom. The molecule has 3 aromatic heterocycles. The van der Waals surface area contributed by atoms with Gasteiger partial charge in [0.25, 0.3) is 11.1 Å². The molecule has 2 aromatic carbocycles. The monoisotopic (exact) mass is 642 g/mol. The first-order valence-corrected chi connectivity index (χ1v) is 16.5. The third kappa shape index (κ3) is 6.01. The van der Waals surface area contributed by atoms with Crippen LogP contribution in [0.1, 0.15) is 35.5 Å². The molecule has 1 aliphatic heterocycles. The summed E-state index contributed by atoms with van der Waals surface area (Å²) in [5.41, 5.74) is 2.31. The maximum Gasteiger partial charge on any atom is 0.338 e. The van der Waals surface area contributed by atoms with Crippen molar-refractivity contribution in [3.63, 3.8) is 0 Å². The first-order chi connectivity index (χ1) is 21.3. The Morgan fingerprint density at radius 1 is 1.11 bits per heavy atom. The van der Waals surface area contributed by atoms with Gasteiger partial charge < -0.3 is 14.1 Å². The number of fused-ring (bicyclic) bond motifs is 1. The van der Waals surface area contributed by atoms with Crippen LogP contribution in [0, 0.1) is 6.92 Å². The SMILES string of the molecule is CCOC(=O)C1=C(c2ccccc2)N=c2s/c(=C/c3ccc(Sc4nc(C)cc(=O)[nH]4)o3)c(=O)n2[C@@H]1c1ccc(SC)cc1. The predicted molar refractivity (Wildman–Crippen MR) is 172 cm³/mol. The van der Waals surface area contributed by atoms with Crippen LogP contribution in [0.15, 0.2) is 113 Å². The number of aromatic amines is 1. The molecule has 0 bridgehead atoms. The normalized spacial score (nSPS) is 14.8. The number of hydrogen-bond donors (Lipinski definition) is 1. The summed E-state index contributed by atoms with van der Waals surface area (Å²) < 4.78 is 13.4. The highest BCUT2D eigenvalue weighted by molar-refractivity contribution is 7.99. The van der Waals surface area contributed by atoms with Crippen molar-refractivity contribution < 1.29 is 13.9 Å². The summed E-state index contributed by atoms with van der Waals surface area (Å²) in [7, 11) is 0. The Hall–Kier alpha value is -4.39. The molecule has 0 radical (unpaired) electrons. The van der Waals surface area contributed by atoms with Crippen molar-refractivity contribution >= 4 is 52.6 Å².